The van der Waals surface area contributed by atoms with Gasteiger partial charge in [0.2, 0.25) is 10.0 Å². The van der Waals surface area contributed by atoms with Crippen LogP contribution >= 0.6 is 11.3 Å². The summed E-state index contributed by atoms with van der Waals surface area (Å²) in [6.45, 7) is 1.30. The average molecular weight is 552 g/mol. The molecule has 198 valence electrons. The monoisotopic (exact) mass is 551 g/mol. The van der Waals surface area contributed by atoms with Gasteiger partial charge in [-0.1, -0.05) is 30.6 Å². The molecule has 1 aromatic heterocycles. The fourth-order valence-electron chi connectivity index (χ4n) is 4.42. The Kier molecular flexibility index (Phi) is 8.20. The minimum Gasteiger partial charge on any atom is -0.465 e. The maximum absolute atomic E-state index is 14.6. The van der Waals surface area contributed by atoms with Gasteiger partial charge in [0.05, 0.1) is 21.7 Å². The van der Waals surface area contributed by atoms with Crippen LogP contribution in [-0.4, -0.2) is 48.9 Å². The number of ether oxygens (including phenoxy) is 1. The van der Waals surface area contributed by atoms with Gasteiger partial charge in [-0.3, -0.25) is 9.59 Å². The van der Waals surface area contributed by atoms with Crippen molar-refractivity contribution in [3.8, 4) is 0 Å². The number of hydrogen-bond acceptors (Lipinski definition) is 6. The van der Waals surface area contributed by atoms with Gasteiger partial charge in [-0.2, -0.15) is 9.30 Å². The molecule has 0 spiro atoms. The largest absolute Gasteiger partial charge is 0.465 e. The molecule has 2 aromatic carbocycles. The van der Waals surface area contributed by atoms with Crippen LogP contribution in [0.2, 0.25) is 0 Å². The van der Waals surface area contributed by atoms with Crippen LogP contribution in [-0.2, 0) is 26.1 Å². The molecule has 0 unspecified atom stereocenters. The lowest BCUT2D eigenvalue weighted by Crippen LogP contribution is -2.38. The normalized spacial score (nSPS) is 15.4. The molecule has 1 saturated carbocycles. The Hall–Kier alpha value is -2.96. The van der Waals surface area contributed by atoms with E-state index in [2.05, 4.69) is 4.99 Å². The maximum atomic E-state index is 14.6. The lowest BCUT2D eigenvalue weighted by molar-refractivity contribution is -0.143. The van der Waals surface area contributed by atoms with E-state index in [9.17, 15) is 26.8 Å². The van der Waals surface area contributed by atoms with E-state index in [4.69, 9.17) is 4.74 Å². The highest BCUT2D eigenvalue weighted by Gasteiger charge is 2.29. The predicted molar refractivity (Wildman–Crippen MR) is 135 cm³/mol. The van der Waals surface area contributed by atoms with E-state index in [1.54, 1.807) is 14.0 Å². The minimum atomic E-state index is -3.73. The number of thiazole rings is 1. The number of nitrogens with zero attached hydrogens (tertiary/aromatic N) is 3. The second-order valence-electron chi connectivity index (χ2n) is 8.76. The summed E-state index contributed by atoms with van der Waals surface area (Å²) in [5, 5.41) is 0. The first kappa shape index (κ1) is 27.1. The Morgan fingerprint density at radius 3 is 2.46 bits per heavy atom. The highest BCUT2D eigenvalue weighted by atomic mass is 32.2. The molecule has 1 heterocycles. The minimum absolute atomic E-state index is 0.0220. The molecule has 1 amide bonds. The van der Waals surface area contributed by atoms with Crippen molar-refractivity contribution in [2.45, 2.75) is 56.5 Å². The number of benzene rings is 2. The van der Waals surface area contributed by atoms with Gasteiger partial charge in [0, 0.05) is 24.7 Å². The molecule has 1 fully saturated rings. The predicted octanol–water partition coefficient (Wildman–Crippen LogP) is 4.24. The number of fused-ring (bicyclic) bond motifs is 1. The summed E-state index contributed by atoms with van der Waals surface area (Å²) < 4.78 is 62.2. The Morgan fingerprint density at radius 1 is 1.14 bits per heavy atom. The van der Waals surface area contributed by atoms with Crippen LogP contribution in [0.25, 0.3) is 10.2 Å². The number of carbonyl (C=O) groups excluding carboxylic acids is 2. The van der Waals surface area contributed by atoms with E-state index in [0.717, 1.165) is 49.5 Å². The number of hydrogen-bond donors (Lipinski definition) is 0. The SMILES string of the molecule is CCOC(=O)Cn1c(=NC(=O)c2ccc(S(=O)(=O)N(C)C3CCCCC3)cc2)sc2cc(F)cc(F)c21. The first-order valence-corrected chi connectivity index (χ1v) is 14.2. The third-order valence-corrected chi connectivity index (χ3v) is 9.30. The molecule has 0 saturated heterocycles. The third kappa shape index (κ3) is 5.81. The van der Waals surface area contributed by atoms with E-state index in [-0.39, 0.29) is 38.1 Å². The lowest BCUT2D eigenvalue weighted by Gasteiger charge is -2.30. The number of amides is 1. The molecule has 0 atom stereocenters. The second kappa shape index (κ2) is 11.2. The molecule has 37 heavy (non-hydrogen) atoms. The van der Waals surface area contributed by atoms with Crippen molar-refractivity contribution in [3.05, 3.63) is 58.4 Å². The van der Waals surface area contributed by atoms with E-state index >= 15 is 0 Å². The summed E-state index contributed by atoms with van der Waals surface area (Å²) in [4.78, 5) is 29.1. The summed E-state index contributed by atoms with van der Waals surface area (Å²) >= 11 is 0.848. The Bertz CT molecular complexity index is 1490. The van der Waals surface area contributed by atoms with E-state index in [0.29, 0.717) is 6.07 Å². The standard InChI is InChI=1S/C25H27F2N3O5S2/c1-3-35-22(31)15-30-23-20(27)13-17(26)14-21(23)36-25(30)28-24(32)16-9-11-19(12-10-16)37(33,34)29(2)18-7-5-4-6-8-18/h9-14,18H,3-8,15H2,1-2H3. The van der Waals surface area contributed by atoms with Gasteiger partial charge in [0.15, 0.2) is 10.6 Å². The van der Waals surface area contributed by atoms with Crippen LogP contribution in [0.5, 0.6) is 0 Å². The van der Waals surface area contributed by atoms with Gasteiger partial charge in [0.1, 0.15) is 12.4 Å². The van der Waals surface area contributed by atoms with Crippen LogP contribution in [0.4, 0.5) is 8.78 Å². The van der Waals surface area contributed by atoms with Crippen molar-refractivity contribution in [1.82, 2.24) is 8.87 Å². The number of halogens is 2. The van der Waals surface area contributed by atoms with Crippen LogP contribution in [0.1, 0.15) is 49.4 Å². The van der Waals surface area contributed by atoms with Crippen molar-refractivity contribution >= 4 is 43.5 Å². The zero-order chi connectivity index (χ0) is 26.7. The molecule has 3 aromatic rings. The molecule has 0 N–H and O–H groups in total. The summed E-state index contributed by atoms with van der Waals surface area (Å²) in [6, 6.07) is 7.15. The first-order chi connectivity index (χ1) is 17.6. The third-order valence-electron chi connectivity index (χ3n) is 6.35. The smallest absolute Gasteiger partial charge is 0.326 e. The Morgan fingerprint density at radius 2 is 1.81 bits per heavy atom. The van der Waals surface area contributed by atoms with Crippen molar-refractivity contribution in [1.29, 1.82) is 0 Å². The Labute approximate surface area is 217 Å². The summed E-state index contributed by atoms with van der Waals surface area (Å²) in [5.41, 5.74) is 0.0317. The van der Waals surface area contributed by atoms with E-state index in [1.165, 1.54) is 33.1 Å². The first-order valence-electron chi connectivity index (χ1n) is 11.9. The zero-order valence-corrected chi connectivity index (χ0v) is 22.1. The highest BCUT2D eigenvalue weighted by molar-refractivity contribution is 7.89. The van der Waals surface area contributed by atoms with Crippen LogP contribution in [0, 0.1) is 11.6 Å². The topological polar surface area (TPSA) is 98.0 Å². The number of aromatic nitrogens is 1. The van der Waals surface area contributed by atoms with Crippen molar-refractivity contribution in [2.75, 3.05) is 13.7 Å². The fraction of sp³-hybridized carbons (Fsp3) is 0.400. The molecular formula is C25H27F2N3O5S2. The molecule has 8 nitrogen and oxygen atoms in total. The van der Waals surface area contributed by atoms with Crippen molar-refractivity contribution < 1.29 is 31.5 Å². The zero-order valence-electron chi connectivity index (χ0n) is 20.4. The Balaban J connectivity index is 1.66. The van der Waals surface area contributed by atoms with Gasteiger partial charge in [-0.05, 0) is 50.1 Å². The van der Waals surface area contributed by atoms with Gasteiger partial charge in [0.25, 0.3) is 5.91 Å². The average Bonchev–Trinajstić information content (AvgIpc) is 3.20. The summed E-state index contributed by atoms with van der Waals surface area (Å²) in [7, 11) is -2.16. The van der Waals surface area contributed by atoms with Crippen LogP contribution < -0.4 is 4.80 Å². The van der Waals surface area contributed by atoms with Gasteiger partial charge in [-0.15, -0.1) is 0 Å². The van der Waals surface area contributed by atoms with E-state index in [1.807, 2.05) is 0 Å². The van der Waals surface area contributed by atoms with Crippen LogP contribution in [0.15, 0.2) is 46.3 Å². The van der Waals surface area contributed by atoms with Crippen molar-refractivity contribution in [3.63, 3.8) is 0 Å². The second-order valence-corrected chi connectivity index (χ2v) is 11.8. The molecule has 1 aliphatic carbocycles. The molecule has 4 rings (SSSR count). The highest BCUT2D eigenvalue weighted by Crippen LogP contribution is 2.27. The summed E-state index contributed by atoms with van der Waals surface area (Å²) in [5.74, 6) is -3.10. The lowest BCUT2D eigenvalue weighted by atomic mass is 9.96. The number of esters is 1. The van der Waals surface area contributed by atoms with Crippen LogP contribution in [0.3, 0.4) is 0 Å². The molecule has 12 heteroatoms. The summed E-state index contributed by atoms with van der Waals surface area (Å²) in [6.07, 6.45) is 4.72. The molecule has 1 aliphatic rings. The van der Waals surface area contributed by atoms with Crippen molar-refractivity contribution in [2.24, 2.45) is 4.99 Å². The fourth-order valence-corrected chi connectivity index (χ4v) is 6.91. The molecule has 0 aliphatic heterocycles. The number of carbonyl (C=O) groups is 2. The quantitative estimate of drug-likeness (QED) is 0.409. The van der Waals surface area contributed by atoms with E-state index < -0.39 is 40.1 Å². The molecule has 0 radical (unpaired) electrons. The van der Waals surface area contributed by atoms with Gasteiger partial charge >= 0.3 is 5.97 Å². The number of sulfonamides is 1. The van der Waals surface area contributed by atoms with Gasteiger partial charge < -0.3 is 9.30 Å². The molecular weight excluding hydrogens is 524 g/mol. The maximum Gasteiger partial charge on any atom is 0.326 e. The number of rotatable bonds is 7. The van der Waals surface area contributed by atoms with Gasteiger partial charge in [-0.25, -0.2) is 17.2 Å². The molecule has 0 bridgehead atoms.